The predicted molar refractivity (Wildman–Crippen MR) is 102 cm³/mol. The number of aromatic nitrogens is 2. The van der Waals surface area contributed by atoms with Crippen LogP contribution in [0.15, 0.2) is 53.1 Å². The average Bonchev–Trinajstić information content (AvgIpc) is 3.14. The van der Waals surface area contributed by atoms with Crippen LogP contribution >= 0.6 is 0 Å². The first kappa shape index (κ1) is 19.9. The van der Waals surface area contributed by atoms with Gasteiger partial charge in [0.1, 0.15) is 5.75 Å². The quantitative estimate of drug-likeness (QED) is 0.574. The summed E-state index contributed by atoms with van der Waals surface area (Å²) in [5.74, 6) is 1.30. The molecule has 0 aliphatic rings. The van der Waals surface area contributed by atoms with Crippen molar-refractivity contribution >= 4 is 0 Å². The molecule has 0 unspecified atom stereocenters. The highest BCUT2D eigenvalue weighted by Gasteiger charge is 2.12. The molecule has 0 saturated carbocycles. The van der Waals surface area contributed by atoms with Crippen molar-refractivity contribution in [1.82, 2.24) is 15.5 Å². The summed E-state index contributed by atoms with van der Waals surface area (Å²) in [4.78, 5) is 4.45. The third kappa shape index (κ3) is 5.60. The summed E-state index contributed by atoms with van der Waals surface area (Å²) < 4.78 is 34.1. The Kier molecular flexibility index (Phi) is 6.71. The molecule has 0 aliphatic carbocycles. The minimum Gasteiger partial charge on any atom is -0.435 e. The van der Waals surface area contributed by atoms with Crippen molar-refractivity contribution in [3.05, 3.63) is 65.5 Å². The summed E-state index contributed by atoms with van der Waals surface area (Å²) in [7, 11) is 0. The van der Waals surface area contributed by atoms with E-state index in [1.807, 2.05) is 31.2 Å². The van der Waals surface area contributed by atoms with Gasteiger partial charge in [0.2, 0.25) is 0 Å². The van der Waals surface area contributed by atoms with Gasteiger partial charge in [-0.05, 0) is 56.0 Å². The third-order valence-electron chi connectivity index (χ3n) is 4.47. The number of halogens is 2. The molecule has 0 amide bonds. The van der Waals surface area contributed by atoms with Gasteiger partial charge in [-0.2, -0.15) is 13.8 Å². The number of hydrogen-bond donors (Lipinski definition) is 1. The summed E-state index contributed by atoms with van der Waals surface area (Å²) in [6, 6.07) is 14.8. The van der Waals surface area contributed by atoms with Crippen molar-refractivity contribution in [1.29, 1.82) is 0 Å². The van der Waals surface area contributed by atoms with Crippen LogP contribution in [0.5, 0.6) is 5.75 Å². The van der Waals surface area contributed by atoms with Crippen LogP contribution in [0.1, 0.15) is 30.3 Å². The Labute approximate surface area is 162 Å². The van der Waals surface area contributed by atoms with E-state index in [1.165, 1.54) is 0 Å². The maximum atomic E-state index is 12.2. The minimum absolute atomic E-state index is 0.173. The number of nitrogens with zero attached hydrogens (tertiary/aromatic N) is 2. The lowest BCUT2D eigenvalue weighted by atomic mass is 10.1. The monoisotopic (exact) mass is 387 g/mol. The molecule has 0 bridgehead atoms. The zero-order chi connectivity index (χ0) is 19.9. The normalized spacial score (nSPS) is 12.3. The molecular weight excluding hydrogens is 364 g/mol. The molecule has 3 aromatic rings. The fourth-order valence-electron chi connectivity index (χ4n) is 2.84. The molecule has 0 saturated heterocycles. The largest absolute Gasteiger partial charge is 0.435 e. The highest BCUT2D eigenvalue weighted by atomic mass is 19.3. The number of ether oxygens (including phenoxy) is 1. The maximum Gasteiger partial charge on any atom is 0.387 e. The summed E-state index contributed by atoms with van der Waals surface area (Å²) in [5, 5.41) is 7.41. The molecule has 3 rings (SSSR count). The van der Waals surface area contributed by atoms with E-state index in [0.717, 1.165) is 29.5 Å². The molecule has 0 radical (unpaired) electrons. The fraction of sp³-hybridized carbons (Fsp3) is 0.333. The molecule has 5 nitrogen and oxygen atoms in total. The van der Waals surface area contributed by atoms with Crippen LogP contribution in [-0.4, -0.2) is 22.8 Å². The van der Waals surface area contributed by atoms with Gasteiger partial charge in [0, 0.05) is 11.6 Å². The van der Waals surface area contributed by atoms with Gasteiger partial charge in [0.15, 0.2) is 5.82 Å². The van der Waals surface area contributed by atoms with Crippen LogP contribution in [0.2, 0.25) is 0 Å². The van der Waals surface area contributed by atoms with Gasteiger partial charge >= 0.3 is 6.61 Å². The molecule has 1 atom stereocenters. The van der Waals surface area contributed by atoms with E-state index in [-0.39, 0.29) is 11.8 Å². The zero-order valence-electron chi connectivity index (χ0n) is 15.9. The molecule has 0 fully saturated rings. The lowest BCUT2D eigenvalue weighted by Crippen LogP contribution is -2.26. The van der Waals surface area contributed by atoms with Gasteiger partial charge in [0.25, 0.3) is 5.89 Å². The molecule has 1 heterocycles. The first-order chi connectivity index (χ1) is 13.5. The highest BCUT2D eigenvalue weighted by molar-refractivity contribution is 5.57. The lowest BCUT2D eigenvalue weighted by molar-refractivity contribution is -0.0498. The summed E-state index contributed by atoms with van der Waals surface area (Å²) in [6.07, 6.45) is 1.71. The molecule has 0 spiro atoms. The number of nitrogens with one attached hydrogen (secondary N) is 1. The summed E-state index contributed by atoms with van der Waals surface area (Å²) >= 11 is 0. The smallest absolute Gasteiger partial charge is 0.387 e. The molecule has 7 heteroatoms. The van der Waals surface area contributed by atoms with Gasteiger partial charge in [-0.1, -0.05) is 35.5 Å². The van der Waals surface area contributed by atoms with Crippen molar-refractivity contribution < 1.29 is 18.0 Å². The first-order valence-corrected chi connectivity index (χ1v) is 9.17. The second-order valence-corrected chi connectivity index (χ2v) is 6.67. The predicted octanol–water partition coefficient (Wildman–Crippen LogP) is 4.76. The maximum absolute atomic E-state index is 12.2. The van der Waals surface area contributed by atoms with Crippen LogP contribution in [0.25, 0.3) is 11.5 Å². The average molecular weight is 387 g/mol. The van der Waals surface area contributed by atoms with Crippen molar-refractivity contribution in [2.75, 3.05) is 0 Å². The molecule has 28 heavy (non-hydrogen) atoms. The van der Waals surface area contributed by atoms with Crippen LogP contribution < -0.4 is 10.1 Å². The van der Waals surface area contributed by atoms with Crippen molar-refractivity contribution in [3.63, 3.8) is 0 Å². The zero-order valence-corrected chi connectivity index (χ0v) is 15.9. The minimum atomic E-state index is -2.80. The third-order valence-corrected chi connectivity index (χ3v) is 4.47. The molecule has 1 aromatic heterocycles. The lowest BCUT2D eigenvalue weighted by Gasteiger charge is -2.12. The summed E-state index contributed by atoms with van der Waals surface area (Å²) in [5.41, 5.74) is 3.09. The molecule has 148 valence electrons. The molecular formula is C21H23F2N3O2. The number of aryl methyl sites for hydroxylation is 2. The second-order valence-electron chi connectivity index (χ2n) is 6.67. The van der Waals surface area contributed by atoms with Gasteiger partial charge < -0.3 is 14.6 Å². The topological polar surface area (TPSA) is 60.2 Å². The van der Waals surface area contributed by atoms with Gasteiger partial charge in [0.05, 0.1) is 6.54 Å². The van der Waals surface area contributed by atoms with Gasteiger partial charge in [-0.3, -0.25) is 0 Å². The molecule has 1 N–H and O–H groups in total. The Hall–Kier alpha value is -2.80. The van der Waals surface area contributed by atoms with Crippen molar-refractivity contribution in [3.8, 4) is 17.2 Å². The van der Waals surface area contributed by atoms with Crippen LogP contribution in [0, 0.1) is 6.92 Å². The van der Waals surface area contributed by atoms with Crippen LogP contribution in [0.3, 0.4) is 0 Å². The van der Waals surface area contributed by atoms with Crippen LogP contribution in [-0.2, 0) is 13.0 Å². The van der Waals surface area contributed by atoms with E-state index in [1.54, 1.807) is 24.3 Å². The number of rotatable bonds is 9. The van der Waals surface area contributed by atoms with E-state index in [0.29, 0.717) is 18.3 Å². The van der Waals surface area contributed by atoms with Crippen molar-refractivity contribution in [2.24, 2.45) is 0 Å². The van der Waals surface area contributed by atoms with Crippen LogP contribution in [0.4, 0.5) is 8.78 Å². The number of benzene rings is 2. The SMILES string of the molecule is Cc1ccccc1-c1nc(CN[C@@H](C)CCc2ccc(OC(F)F)cc2)no1. The van der Waals surface area contributed by atoms with E-state index in [2.05, 4.69) is 27.1 Å². The second kappa shape index (κ2) is 9.41. The first-order valence-electron chi connectivity index (χ1n) is 9.17. The number of hydrogen-bond acceptors (Lipinski definition) is 5. The fourth-order valence-corrected chi connectivity index (χ4v) is 2.84. The van der Waals surface area contributed by atoms with E-state index < -0.39 is 6.61 Å². The molecule has 0 aliphatic heterocycles. The van der Waals surface area contributed by atoms with E-state index in [4.69, 9.17) is 4.52 Å². The Bertz CT molecular complexity index is 881. The van der Waals surface area contributed by atoms with E-state index in [9.17, 15) is 8.78 Å². The Morgan fingerprint density at radius 3 is 2.57 bits per heavy atom. The van der Waals surface area contributed by atoms with E-state index >= 15 is 0 Å². The van der Waals surface area contributed by atoms with Crippen molar-refractivity contribution in [2.45, 2.75) is 45.9 Å². The standard InChI is InChI=1S/C21H23F2N3O2/c1-14-5-3-4-6-18(14)20-25-19(26-28-20)13-24-15(2)7-8-16-9-11-17(12-10-16)27-21(22)23/h3-6,9-12,15,21,24H,7-8,13H2,1-2H3/t15-/m0/s1. The molecule has 2 aromatic carbocycles. The van der Waals surface area contributed by atoms with Gasteiger partial charge in [-0.25, -0.2) is 0 Å². The highest BCUT2D eigenvalue weighted by Crippen LogP contribution is 2.21. The van der Waals surface area contributed by atoms with Gasteiger partial charge in [-0.15, -0.1) is 0 Å². The Balaban J connectivity index is 1.46. The Morgan fingerprint density at radius 1 is 1.11 bits per heavy atom. The summed E-state index contributed by atoms with van der Waals surface area (Å²) in [6.45, 7) is 1.80. The Morgan fingerprint density at radius 2 is 1.86 bits per heavy atom. The number of alkyl halides is 2.